The van der Waals surface area contributed by atoms with Gasteiger partial charge in [-0.15, -0.1) is 0 Å². The lowest BCUT2D eigenvalue weighted by Crippen LogP contribution is -2.32. The minimum atomic E-state index is -0.148. The predicted octanol–water partition coefficient (Wildman–Crippen LogP) is 3.61. The van der Waals surface area contributed by atoms with Crippen molar-refractivity contribution in [3.63, 3.8) is 0 Å². The van der Waals surface area contributed by atoms with Crippen LogP contribution in [-0.2, 0) is 11.2 Å². The lowest BCUT2D eigenvalue weighted by Gasteiger charge is -2.20. The van der Waals surface area contributed by atoms with Gasteiger partial charge in [-0.1, -0.05) is 13.0 Å². The molecule has 2 unspecified atom stereocenters. The third kappa shape index (κ3) is 4.57. The number of hydrogen-bond donors (Lipinski definition) is 1. The van der Waals surface area contributed by atoms with Gasteiger partial charge < -0.3 is 10.1 Å². The van der Waals surface area contributed by atoms with E-state index in [2.05, 4.69) is 12.2 Å². The zero-order chi connectivity index (χ0) is 14.4. The van der Waals surface area contributed by atoms with E-state index >= 15 is 0 Å². The third-order valence-corrected chi connectivity index (χ3v) is 4.12. The van der Waals surface area contributed by atoms with Gasteiger partial charge in [-0.3, -0.25) is 0 Å². The summed E-state index contributed by atoms with van der Waals surface area (Å²) < 4.78 is 18.8. The standard InChI is InChI=1S/C17H26FNO/c1-3-19-16(8-9-17-5-4-10-20-17)12-14-6-7-15(18)11-13(14)2/h6-7,11,16-17,19H,3-5,8-10,12H2,1-2H3. The number of nitrogens with one attached hydrogen (secondary N) is 1. The Hall–Kier alpha value is -0.930. The summed E-state index contributed by atoms with van der Waals surface area (Å²) in [6.07, 6.45) is 6.06. The molecule has 2 atom stereocenters. The molecule has 0 saturated carbocycles. The third-order valence-electron chi connectivity index (χ3n) is 4.12. The van der Waals surface area contributed by atoms with Crippen LogP contribution >= 0.6 is 0 Å². The molecule has 112 valence electrons. The lowest BCUT2D eigenvalue weighted by molar-refractivity contribution is 0.0996. The van der Waals surface area contributed by atoms with Crippen molar-refractivity contribution in [1.29, 1.82) is 0 Å². The predicted molar refractivity (Wildman–Crippen MR) is 80.5 cm³/mol. The van der Waals surface area contributed by atoms with Gasteiger partial charge in [0, 0.05) is 12.6 Å². The maximum Gasteiger partial charge on any atom is 0.123 e. The first-order valence-electron chi connectivity index (χ1n) is 7.79. The van der Waals surface area contributed by atoms with Gasteiger partial charge in [0.1, 0.15) is 5.82 Å². The van der Waals surface area contributed by atoms with E-state index in [-0.39, 0.29) is 5.82 Å². The monoisotopic (exact) mass is 279 g/mol. The van der Waals surface area contributed by atoms with Crippen LogP contribution in [0.4, 0.5) is 4.39 Å². The topological polar surface area (TPSA) is 21.3 Å². The Morgan fingerprint density at radius 2 is 2.30 bits per heavy atom. The van der Waals surface area contributed by atoms with Crippen LogP contribution < -0.4 is 5.32 Å². The summed E-state index contributed by atoms with van der Waals surface area (Å²) in [7, 11) is 0. The quantitative estimate of drug-likeness (QED) is 0.823. The summed E-state index contributed by atoms with van der Waals surface area (Å²) in [5, 5.41) is 3.55. The van der Waals surface area contributed by atoms with Crippen LogP contribution in [0, 0.1) is 12.7 Å². The number of hydrogen-bond acceptors (Lipinski definition) is 2. The molecule has 0 aromatic heterocycles. The second-order valence-corrected chi connectivity index (χ2v) is 5.74. The molecule has 2 nitrogen and oxygen atoms in total. The summed E-state index contributed by atoms with van der Waals surface area (Å²) in [6, 6.07) is 5.55. The van der Waals surface area contributed by atoms with E-state index < -0.39 is 0 Å². The van der Waals surface area contributed by atoms with Crippen molar-refractivity contribution < 1.29 is 9.13 Å². The minimum Gasteiger partial charge on any atom is -0.378 e. The second kappa shape index (κ2) is 7.75. The summed E-state index contributed by atoms with van der Waals surface area (Å²) in [5.41, 5.74) is 2.29. The first-order chi connectivity index (χ1) is 9.69. The number of likely N-dealkylation sites (N-methyl/N-ethyl adjacent to an activating group) is 1. The van der Waals surface area contributed by atoms with Crippen molar-refractivity contribution in [2.45, 2.75) is 58.1 Å². The number of rotatable bonds is 7. The van der Waals surface area contributed by atoms with Crippen molar-refractivity contribution in [3.8, 4) is 0 Å². The average molecular weight is 279 g/mol. The number of benzene rings is 1. The molecule has 1 aromatic carbocycles. The fourth-order valence-electron chi connectivity index (χ4n) is 2.98. The van der Waals surface area contributed by atoms with Gasteiger partial charge in [-0.25, -0.2) is 4.39 Å². The number of ether oxygens (including phenoxy) is 1. The van der Waals surface area contributed by atoms with Crippen LogP contribution in [-0.4, -0.2) is 25.3 Å². The van der Waals surface area contributed by atoms with Gasteiger partial charge >= 0.3 is 0 Å². The summed E-state index contributed by atoms with van der Waals surface area (Å²) >= 11 is 0. The molecule has 1 N–H and O–H groups in total. The van der Waals surface area contributed by atoms with E-state index in [0.717, 1.165) is 38.0 Å². The molecular weight excluding hydrogens is 253 g/mol. The van der Waals surface area contributed by atoms with Crippen LogP contribution in [0.1, 0.15) is 43.7 Å². The summed E-state index contributed by atoms with van der Waals surface area (Å²) in [4.78, 5) is 0. The molecule has 0 amide bonds. The fraction of sp³-hybridized carbons (Fsp3) is 0.647. The molecule has 0 spiro atoms. The highest BCUT2D eigenvalue weighted by molar-refractivity contribution is 5.27. The molecule has 1 aromatic rings. The SMILES string of the molecule is CCNC(CCC1CCCO1)Cc1ccc(F)cc1C. The Balaban J connectivity index is 1.90. The maximum absolute atomic E-state index is 13.2. The van der Waals surface area contributed by atoms with Gasteiger partial charge in [0.15, 0.2) is 0 Å². The minimum absolute atomic E-state index is 0.148. The second-order valence-electron chi connectivity index (χ2n) is 5.74. The first kappa shape index (κ1) is 15.5. The van der Waals surface area contributed by atoms with Gasteiger partial charge in [0.25, 0.3) is 0 Å². The number of halogens is 1. The zero-order valence-electron chi connectivity index (χ0n) is 12.6. The molecule has 1 aliphatic rings. The Kier molecular flexibility index (Phi) is 5.99. The van der Waals surface area contributed by atoms with E-state index in [4.69, 9.17) is 4.74 Å². The summed E-state index contributed by atoms with van der Waals surface area (Å²) in [5.74, 6) is -0.148. The molecule has 1 saturated heterocycles. The highest BCUT2D eigenvalue weighted by Gasteiger charge is 2.18. The Bertz CT molecular complexity index is 415. The van der Waals surface area contributed by atoms with E-state index in [0.29, 0.717) is 12.1 Å². The van der Waals surface area contributed by atoms with E-state index in [9.17, 15) is 4.39 Å². The smallest absolute Gasteiger partial charge is 0.123 e. The molecule has 1 heterocycles. The molecule has 1 fully saturated rings. The largest absolute Gasteiger partial charge is 0.378 e. The number of aryl methyl sites for hydroxylation is 1. The highest BCUT2D eigenvalue weighted by atomic mass is 19.1. The van der Waals surface area contributed by atoms with Gasteiger partial charge in [-0.2, -0.15) is 0 Å². The molecule has 0 aliphatic carbocycles. The molecule has 0 radical (unpaired) electrons. The average Bonchev–Trinajstić information content (AvgIpc) is 2.92. The van der Waals surface area contributed by atoms with E-state index in [1.807, 2.05) is 13.0 Å². The van der Waals surface area contributed by atoms with Crippen LogP contribution in [0.25, 0.3) is 0 Å². The molecule has 1 aliphatic heterocycles. The highest BCUT2D eigenvalue weighted by Crippen LogP contribution is 2.20. The van der Waals surface area contributed by atoms with Gasteiger partial charge in [0.05, 0.1) is 6.10 Å². The lowest BCUT2D eigenvalue weighted by atomic mass is 9.96. The molecule has 20 heavy (non-hydrogen) atoms. The van der Waals surface area contributed by atoms with Crippen molar-refractivity contribution in [2.75, 3.05) is 13.2 Å². The van der Waals surface area contributed by atoms with Crippen molar-refractivity contribution in [3.05, 3.63) is 35.1 Å². The Morgan fingerprint density at radius 3 is 2.95 bits per heavy atom. The summed E-state index contributed by atoms with van der Waals surface area (Å²) in [6.45, 7) is 6.02. The Labute approximate surface area is 121 Å². The van der Waals surface area contributed by atoms with Crippen LogP contribution in [0.5, 0.6) is 0 Å². The van der Waals surface area contributed by atoms with Crippen LogP contribution in [0.3, 0.4) is 0 Å². The van der Waals surface area contributed by atoms with Crippen molar-refractivity contribution in [1.82, 2.24) is 5.32 Å². The fourth-order valence-corrected chi connectivity index (χ4v) is 2.98. The molecule has 2 rings (SSSR count). The first-order valence-corrected chi connectivity index (χ1v) is 7.79. The molecular formula is C17H26FNO. The van der Waals surface area contributed by atoms with E-state index in [1.165, 1.54) is 18.4 Å². The van der Waals surface area contributed by atoms with Crippen LogP contribution in [0.15, 0.2) is 18.2 Å². The normalized spacial score (nSPS) is 20.2. The van der Waals surface area contributed by atoms with Gasteiger partial charge in [-0.05, 0) is 68.8 Å². The Morgan fingerprint density at radius 1 is 1.45 bits per heavy atom. The molecule has 3 heteroatoms. The maximum atomic E-state index is 13.2. The van der Waals surface area contributed by atoms with E-state index in [1.54, 1.807) is 12.1 Å². The van der Waals surface area contributed by atoms with Gasteiger partial charge in [0.2, 0.25) is 0 Å². The van der Waals surface area contributed by atoms with Crippen LogP contribution in [0.2, 0.25) is 0 Å². The van der Waals surface area contributed by atoms with Crippen molar-refractivity contribution >= 4 is 0 Å². The zero-order valence-corrected chi connectivity index (χ0v) is 12.6. The molecule has 0 bridgehead atoms. The van der Waals surface area contributed by atoms with Crippen molar-refractivity contribution in [2.24, 2.45) is 0 Å².